The van der Waals surface area contributed by atoms with Gasteiger partial charge in [0.2, 0.25) is 0 Å². The normalized spacial score (nSPS) is 12.4. The van der Waals surface area contributed by atoms with Gasteiger partial charge in [-0.25, -0.2) is 4.98 Å². The third kappa shape index (κ3) is 3.58. The van der Waals surface area contributed by atoms with Crippen molar-refractivity contribution < 1.29 is 4.74 Å². The monoisotopic (exact) mass is 259 g/mol. The molecular formula is C15H21N3O. The van der Waals surface area contributed by atoms with Crippen LogP contribution in [0.3, 0.4) is 0 Å². The molecule has 0 saturated heterocycles. The van der Waals surface area contributed by atoms with Gasteiger partial charge in [0.15, 0.2) is 0 Å². The number of benzene rings is 1. The number of nitrogens with one attached hydrogen (secondary N) is 1. The minimum Gasteiger partial charge on any atom is -0.497 e. The van der Waals surface area contributed by atoms with Crippen molar-refractivity contribution in [2.75, 3.05) is 14.2 Å². The van der Waals surface area contributed by atoms with Crippen LogP contribution in [0.2, 0.25) is 0 Å². The van der Waals surface area contributed by atoms with Crippen molar-refractivity contribution in [1.29, 1.82) is 0 Å². The summed E-state index contributed by atoms with van der Waals surface area (Å²) in [6.07, 6.45) is 5.95. The number of imidazole rings is 1. The van der Waals surface area contributed by atoms with Crippen LogP contribution in [0.5, 0.6) is 5.75 Å². The standard InChI is InChI=1S/C15H21N3O/c1-16-14(15-10-18(2)11-17-15)9-6-12-4-7-13(19-3)8-5-12/h4-5,7-8,10-11,14,16H,6,9H2,1-3H3. The first-order valence-corrected chi connectivity index (χ1v) is 6.51. The fourth-order valence-corrected chi connectivity index (χ4v) is 2.16. The smallest absolute Gasteiger partial charge is 0.118 e. The number of ether oxygens (including phenoxy) is 1. The lowest BCUT2D eigenvalue weighted by atomic mass is 10.0. The molecule has 4 heteroatoms. The van der Waals surface area contributed by atoms with E-state index in [1.54, 1.807) is 7.11 Å². The van der Waals surface area contributed by atoms with E-state index in [1.807, 2.05) is 37.1 Å². The van der Waals surface area contributed by atoms with Crippen LogP contribution in [-0.2, 0) is 13.5 Å². The molecule has 1 N–H and O–H groups in total. The van der Waals surface area contributed by atoms with Crippen molar-refractivity contribution in [3.05, 3.63) is 48.0 Å². The van der Waals surface area contributed by atoms with E-state index in [-0.39, 0.29) is 0 Å². The molecule has 1 aromatic heterocycles. The van der Waals surface area contributed by atoms with E-state index in [0.717, 1.165) is 24.3 Å². The molecule has 1 aromatic carbocycles. The first-order valence-electron chi connectivity index (χ1n) is 6.51. The molecular weight excluding hydrogens is 238 g/mol. The Morgan fingerprint density at radius 2 is 2.05 bits per heavy atom. The van der Waals surface area contributed by atoms with Crippen molar-refractivity contribution in [2.45, 2.75) is 18.9 Å². The van der Waals surface area contributed by atoms with Crippen molar-refractivity contribution in [3.63, 3.8) is 0 Å². The molecule has 102 valence electrons. The molecule has 0 radical (unpaired) electrons. The van der Waals surface area contributed by atoms with Gasteiger partial charge in [-0.05, 0) is 37.6 Å². The van der Waals surface area contributed by atoms with Crippen LogP contribution in [0.15, 0.2) is 36.8 Å². The Labute approximate surface area is 114 Å². The van der Waals surface area contributed by atoms with Crippen LogP contribution >= 0.6 is 0 Å². The van der Waals surface area contributed by atoms with Gasteiger partial charge in [-0.1, -0.05) is 12.1 Å². The molecule has 1 heterocycles. The zero-order valence-corrected chi connectivity index (χ0v) is 11.8. The number of nitrogens with zero attached hydrogens (tertiary/aromatic N) is 2. The Balaban J connectivity index is 1.95. The average Bonchev–Trinajstić information content (AvgIpc) is 2.87. The van der Waals surface area contributed by atoms with Crippen molar-refractivity contribution >= 4 is 0 Å². The maximum atomic E-state index is 5.16. The van der Waals surface area contributed by atoms with Crippen LogP contribution in [0.25, 0.3) is 0 Å². The number of aryl methyl sites for hydroxylation is 2. The predicted octanol–water partition coefficient (Wildman–Crippen LogP) is 2.32. The van der Waals surface area contributed by atoms with E-state index in [0.29, 0.717) is 6.04 Å². The number of hydrogen-bond donors (Lipinski definition) is 1. The third-order valence-electron chi connectivity index (χ3n) is 3.31. The summed E-state index contributed by atoms with van der Waals surface area (Å²) in [5.41, 5.74) is 2.41. The summed E-state index contributed by atoms with van der Waals surface area (Å²) in [5.74, 6) is 0.902. The maximum Gasteiger partial charge on any atom is 0.118 e. The molecule has 0 amide bonds. The largest absolute Gasteiger partial charge is 0.497 e. The first-order chi connectivity index (χ1) is 9.22. The fourth-order valence-electron chi connectivity index (χ4n) is 2.16. The SMILES string of the molecule is CNC(CCc1ccc(OC)cc1)c1cn(C)cn1. The summed E-state index contributed by atoms with van der Waals surface area (Å²) < 4.78 is 7.14. The Kier molecular flexibility index (Phi) is 4.58. The van der Waals surface area contributed by atoms with Gasteiger partial charge >= 0.3 is 0 Å². The minimum absolute atomic E-state index is 0.295. The van der Waals surface area contributed by atoms with Crippen LogP contribution in [-0.4, -0.2) is 23.7 Å². The molecule has 1 atom stereocenters. The second-order valence-electron chi connectivity index (χ2n) is 4.69. The number of methoxy groups -OCH3 is 1. The van der Waals surface area contributed by atoms with E-state index in [1.165, 1.54) is 5.56 Å². The first kappa shape index (κ1) is 13.6. The molecule has 1 unspecified atom stereocenters. The lowest BCUT2D eigenvalue weighted by Gasteiger charge is -2.13. The van der Waals surface area contributed by atoms with E-state index in [9.17, 15) is 0 Å². The predicted molar refractivity (Wildman–Crippen MR) is 76.3 cm³/mol. The van der Waals surface area contributed by atoms with E-state index >= 15 is 0 Å². The lowest BCUT2D eigenvalue weighted by molar-refractivity contribution is 0.414. The highest BCUT2D eigenvalue weighted by atomic mass is 16.5. The number of hydrogen-bond acceptors (Lipinski definition) is 3. The van der Waals surface area contributed by atoms with E-state index < -0.39 is 0 Å². The zero-order valence-electron chi connectivity index (χ0n) is 11.8. The summed E-state index contributed by atoms with van der Waals surface area (Å²) in [4.78, 5) is 4.41. The van der Waals surface area contributed by atoms with Crippen molar-refractivity contribution in [2.24, 2.45) is 7.05 Å². The summed E-state index contributed by atoms with van der Waals surface area (Å²) in [7, 11) is 5.66. The molecule has 0 spiro atoms. The number of rotatable bonds is 6. The summed E-state index contributed by atoms with van der Waals surface area (Å²) in [6.45, 7) is 0. The maximum absolute atomic E-state index is 5.16. The van der Waals surface area contributed by atoms with Crippen LogP contribution in [0.1, 0.15) is 23.7 Å². The Bertz CT molecular complexity index is 504. The molecule has 4 nitrogen and oxygen atoms in total. The van der Waals surface area contributed by atoms with Gasteiger partial charge in [0, 0.05) is 13.2 Å². The molecule has 0 fully saturated rings. The van der Waals surface area contributed by atoms with Gasteiger partial charge in [0.25, 0.3) is 0 Å². The molecule has 0 aliphatic carbocycles. The van der Waals surface area contributed by atoms with Gasteiger partial charge in [-0.15, -0.1) is 0 Å². The van der Waals surface area contributed by atoms with Gasteiger partial charge in [-0.3, -0.25) is 0 Å². The van der Waals surface area contributed by atoms with Crippen molar-refractivity contribution in [3.8, 4) is 5.75 Å². The highest BCUT2D eigenvalue weighted by Gasteiger charge is 2.11. The van der Waals surface area contributed by atoms with Gasteiger partial charge < -0.3 is 14.6 Å². The van der Waals surface area contributed by atoms with Crippen LogP contribution in [0, 0.1) is 0 Å². The molecule has 0 saturated carbocycles. The van der Waals surface area contributed by atoms with Gasteiger partial charge in [0.05, 0.1) is 25.2 Å². The Morgan fingerprint density at radius 3 is 2.58 bits per heavy atom. The number of aromatic nitrogens is 2. The van der Waals surface area contributed by atoms with Crippen LogP contribution in [0.4, 0.5) is 0 Å². The topological polar surface area (TPSA) is 39.1 Å². The molecule has 2 aromatic rings. The van der Waals surface area contributed by atoms with Gasteiger partial charge in [-0.2, -0.15) is 0 Å². The summed E-state index contributed by atoms with van der Waals surface area (Å²) in [6, 6.07) is 8.53. The van der Waals surface area contributed by atoms with E-state index in [4.69, 9.17) is 4.74 Å². The average molecular weight is 259 g/mol. The second-order valence-corrected chi connectivity index (χ2v) is 4.69. The fraction of sp³-hybridized carbons (Fsp3) is 0.400. The molecule has 19 heavy (non-hydrogen) atoms. The highest BCUT2D eigenvalue weighted by molar-refractivity contribution is 5.27. The molecule has 0 aliphatic rings. The lowest BCUT2D eigenvalue weighted by Crippen LogP contribution is -2.17. The highest BCUT2D eigenvalue weighted by Crippen LogP contribution is 2.18. The quantitative estimate of drug-likeness (QED) is 0.865. The molecule has 2 rings (SSSR count). The summed E-state index contributed by atoms with van der Waals surface area (Å²) >= 11 is 0. The van der Waals surface area contributed by atoms with Crippen molar-refractivity contribution in [1.82, 2.24) is 14.9 Å². The molecule has 0 bridgehead atoms. The van der Waals surface area contributed by atoms with Crippen LogP contribution < -0.4 is 10.1 Å². The zero-order chi connectivity index (χ0) is 13.7. The molecule has 0 aliphatic heterocycles. The minimum atomic E-state index is 0.295. The third-order valence-corrected chi connectivity index (χ3v) is 3.31. The Morgan fingerprint density at radius 1 is 1.32 bits per heavy atom. The van der Waals surface area contributed by atoms with E-state index in [2.05, 4.69) is 28.6 Å². The second kappa shape index (κ2) is 6.38. The summed E-state index contributed by atoms with van der Waals surface area (Å²) in [5, 5.41) is 3.32. The Hall–Kier alpha value is -1.81. The van der Waals surface area contributed by atoms with Gasteiger partial charge in [0.1, 0.15) is 5.75 Å².